The Morgan fingerprint density at radius 2 is 1.74 bits per heavy atom. The Hall–Kier alpha value is -2.06. The Bertz CT molecular complexity index is 861. The molecule has 2 aromatic rings. The lowest BCUT2D eigenvalue weighted by Crippen LogP contribution is -2.47. The van der Waals surface area contributed by atoms with E-state index in [0.29, 0.717) is 5.69 Å². The first-order valence-electron chi connectivity index (χ1n) is 9.28. The fourth-order valence-electron chi connectivity index (χ4n) is 4.13. The van der Waals surface area contributed by atoms with Crippen molar-refractivity contribution in [2.24, 2.45) is 0 Å². The average Bonchev–Trinajstić information content (AvgIpc) is 2.99. The second-order valence-electron chi connectivity index (χ2n) is 7.44. The van der Waals surface area contributed by atoms with Crippen molar-refractivity contribution in [3.8, 4) is 5.69 Å². The highest BCUT2D eigenvalue weighted by atomic mass is 19.4. The summed E-state index contributed by atoms with van der Waals surface area (Å²) in [6, 6.07) is 4.80. The predicted octanol–water partition coefficient (Wildman–Crippen LogP) is 2.81. The van der Waals surface area contributed by atoms with Gasteiger partial charge in [0.1, 0.15) is 0 Å². The van der Waals surface area contributed by atoms with Gasteiger partial charge in [0.25, 0.3) is 5.56 Å². The van der Waals surface area contributed by atoms with Crippen LogP contribution in [0.15, 0.2) is 29.1 Å². The van der Waals surface area contributed by atoms with Gasteiger partial charge in [-0.25, -0.2) is 4.68 Å². The van der Waals surface area contributed by atoms with E-state index in [1.807, 2.05) is 0 Å². The average molecular weight is 380 g/mol. The number of nitrogens with one attached hydrogen (secondary N) is 1. The van der Waals surface area contributed by atoms with Crippen LogP contribution in [0.4, 0.5) is 13.2 Å². The molecule has 0 radical (unpaired) electrons. The minimum Gasteiger partial charge on any atom is -0.304 e. The molecule has 0 saturated carbocycles. The van der Waals surface area contributed by atoms with Gasteiger partial charge in [-0.05, 0) is 50.6 Å². The van der Waals surface area contributed by atoms with Gasteiger partial charge in [0, 0.05) is 37.9 Å². The highest BCUT2D eigenvalue weighted by Crippen LogP contribution is 2.33. The number of H-pyrrole nitrogens is 1. The molecule has 1 aliphatic heterocycles. The summed E-state index contributed by atoms with van der Waals surface area (Å²) in [5.74, 6) is 0. The maximum Gasteiger partial charge on any atom is 0.416 e. The molecular weight excluding hydrogens is 357 g/mol. The van der Waals surface area contributed by atoms with Crippen LogP contribution in [0.5, 0.6) is 0 Å². The van der Waals surface area contributed by atoms with Gasteiger partial charge in [0.05, 0.1) is 16.8 Å². The fraction of sp³-hybridized carbons (Fsp3) is 0.526. The monoisotopic (exact) mass is 380 g/mol. The highest BCUT2D eigenvalue weighted by molar-refractivity contribution is 5.37. The third-order valence-corrected chi connectivity index (χ3v) is 5.67. The van der Waals surface area contributed by atoms with Crippen molar-refractivity contribution in [2.45, 2.75) is 31.5 Å². The lowest BCUT2D eigenvalue weighted by molar-refractivity contribution is -0.137. The molecule has 4 rings (SSSR count). The first-order chi connectivity index (χ1) is 12.8. The summed E-state index contributed by atoms with van der Waals surface area (Å²) >= 11 is 0. The summed E-state index contributed by atoms with van der Waals surface area (Å²) in [5, 5.41) is 3.14. The van der Waals surface area contributed by atoms with E-state index in [1.165, 1.54) is 16.8 Å². The summed E-state index contributed by atoms with van der Waals surface area (Å²) in [5.41, 5.74) is 1.26. The minimum atomic E-state index is -4.38. The third-order valence-electron chi connectivity index (χ3n) is 5.67. The van der Waals surface area contributed by atoms with Gasteiger partial charge in [-0.15, -0.1) is 0 Å². The van der Waals surface area contributed by atoms with Crippen LogP contribution in [-0.2, 0) is 12.6 Å². The van der Waals surface area contributed by atoms with Crippen LogP contribution in [0.1, 0.15) is 35.7 Å². The summed E-state index contributed by atoms with van der Waals surface area (Å²) in [6.07, 6.45) is -1.65. The number of aryl methyl sites for hydroxylation is 1. The molecule has 0 amide bonds. The summed E-state index contributed by atoms with van der Waals surface area (Å²) < 4.78 is 39.7. The number of aromatic nitrogens is 2. The Labute approximate surface area is 155 Å². The number of hydrogen-bond acceptors (Lipinski definition) is 3. The molecule has 2 heterocycles. The van der Waals surface area contributed by atoms with E-state index in [4.69, 9.17) is 0 Å². The van der Waals surface area contributed by atoms with Crippen molar-refractivity contribution in [3.63, 3.8) is 0 Å². The molecule has 1 aliphatic carbocycles. The number of rotatable bonds is 2. The van der Waals surface area contributed by atoms with Crippen molar-refractivity contribution in [3.05, 3.63) is 51.4 Å². The van der Waals surface area contributed by atoms with E-state index < -0.39 is 11.7 Å². The van der Waals surface area contributed by atoms with Gasteiger partial charge in [-0.3, -0.25) is 14.8 Å². The van der Waals surface area contributed by atoms with Crippen molar-refractivity contribution in [1.82, 2.24) is 19.6 Å². The number of aromatic amines is 1. The largest absolute Gasteiger partial charge is 0.416 e. The van der Waals surface area contributed by atoms with Gasteiger partial charge in [0.2, 0.25) is 0 Å². The van der Waals surface area contributed by atoms with Crippen LogP contribution in [0.3, 0.4) is 0 Å². The minimum absolute atomic E-state index is 0.0851. The molecule has 2 aliphatic rings. The Kier molecular flexibility index (Phi) is 4.63. The van der Waals surface area contributed by atoms with E-state index in [2.05, 4.69) is 21.9 Å². The van der Waals surface area contributed by atoms with Crippen molar-refractivity contribution < 1.29 is 13.2 Å². The van der Waals surface area contributed by atoms with Crippen molar-refractivity contribution in [1.29, 1.82) is 0 Å². The Morgan fingerprint density at radius 1 is 1.07 bits per heavy atom. The zero-order chi connectivity index (χ0) is 19.2. The van der Waals surface area contributed by atoms with Crippen molar-refractivity contribution >= 4 is 0 Å². The van der Waals surface area contributed by atoms with E-state index in [1.54, 1.807) is 0 Å². The molecule has 27 heavy (non-hydrogen) atoms. The zero-order valence-corrected chi connectivity index (χ0v) is 15.2. The molecule has 1 aromatic heterocycles. The highest BCUT2D eigenvalue weighted by Gasteiger charge is 2.33. The second-order valence-corrected chi connectivity index (χ2v) is 7.44. The summed E-state index contributed by atoms with van der Waals surface area (Å²) in [4.78, 5) is 17.7. The first kappa shape index (κ1) is 18.3. The van der Waals surface area contributed by atoms with Crippen LogP contribution in [0.2, 0.25) is 0 Å². The summed E-state index contributed by atoms with van der Waals surface area (Å²) in [7, 11) is 2.09. The lowest BCUT2D eigenvalue weighted by atomic mass is 9.91. The molecule has 146 valence electrons. The topological polar surface area (TPSA) is 44.3 Å². The smallest absolute Gasteiger partial charge is 0.304 e. The van der Waals surface area contributed by atoms with E-state index >= 15 is 0 Å². The molecule has 1 atom stereocenters. The van der Waals surface area contributed by atoms with Gasteiger partial charge in [0.15, 0.2) is 0 Å². The number of hydrogen-bond donors (Lipinski definition) is 1. The molecule has 1 saturated heterocycles. The molecular formula is C19H23F3N4O. The van der Waals surface area contributed by atoms with Crippen LogP contribution in [0.25, 0.3) is 5.69 Å². The molecule has 1 aromatic carbocycles. The maximum absolute atomic E-state index is 13.1. The van der Waals surface area contributed by atoms with Crippen LogP contribution < -0.4 is 5.56 Å². The SMILES string of the molecule is CN1CCN(C2CCCc3[nH]n(-c4ccc(C(F)(F)F)cc4)c(=O)c32)CC1. The van der Waals surface area contributed by atoms with Crippen LogP contribution in [0, 0.1) is 0 Å². The number of likely N-dealkylation sites (N-methyl/N-ethyl adjacent to an activating group) is 1. The zero-order valence-electron chi connectivity index (χ0n) is 15.2. The third kappa shape index (κ3) is 3.43. The Morgan fingerprint density at radius 3 is 2.37 bits per heavy atom. The molecule has 1 fully saturated rings. The normalized spacial score (nSPS) is 22.0. The molecule has 1 unspecified atom stereocenters. The van der Waals surface area contributed by atoms with E-state index in [-0.39, 0.29) is 11.6 Å². The van der Waals surface area contributed by atoms with E-state index in [9.17, 15) is 18.0 Å². The first-order valence-corrected chi connectivity index (χ1v) is 9.28. The molecule has 0 bridgehead atoms. The van der Waals surface area contributed by atoms with E-state index in [0.717, 1.165) is 68.8 Å². The molecule has 1 N–H and O–H groups in total. The number of alkyl halides is 3. The fourth-order valence-corrected chi connectivity index (χ4v) is 4.13. The molecule has 8 heteroatoms. The Balaban J connectivity index is 1.67. The number of halogens is 3. The van der Waals surface area contributed by atoms with Crippen molar-refractivity contribution in [2.75, 3.05) is 33.2 Å². The number of fused-ring (bicyclic) bond motifs is 1. The quantitative estimate of drug-likeness (QED) is 0.872. The number of piperazine rings is 1. The van der Waals surface area contributed by atoms with Crippen LogP contribution in [-0.4, -0.2) is 52.8 Å². The number of benzene rings is 1. The number of nitrogens with zero attached hydrogens (tertiary/aromatic N) is 3. The summed E-state index contributed by atoms with van der Waals surface area (Å²) in [6.45, 7) is 3.80. The molecule has 0 spiro atoms. The predicted molar refractivity (Wildman–Crippen MR) is 96.1 cm³/mol. The van der Waals surface area contributed by atoms with Gasteiger partial charge < -0.3 is 4.90 Å². The van der Waals surface area contributed by atoms with Gasteiger partial charge in [-0.2, -0.15) is 13.2 Å². The maximum atomic E-state index is 13.1. The van der Waals surface area contributed by atoms with Gasteiger partial charge in [-0.1, -0.05) is 0 Å². The van der Waals surface area contributed by atoms with Crippen LogP contribution >= 0.6 is 0 Å². The second kappa shape index (κ2) is 6.83. The lowest BCUT2D eigenvalue weighted by Gasteiger charge is -2.39. The molecule has 5 nitrogen and oxygen atoms in total. The standard InChI is InChI=1S/C19H23F3N4O/c1-24-9-11-25(12-10-24)16-4-2-3-15-17(16)18(27)26(23-15)14-7-5-13(6-8-14)19(20,21)22/h5-8,16,23H,2-4,9-12H2,1H3. The van der Waals surface area contributed by atoms with Gasteiger partial charge >= 0.3 is 6.18 Å².